The van der Waals surface area contributed by atoms with E-state index in [1.807, 2.05) is 12.3 Å². The van der Waals surface area contributed by atoms with Gasteiger partial charge in [0, 0.05) is 31.1 Å². The Hall–Kier alpha value is -2.14. The minimum Gasteiger partial charge on any atom is -0.341 e. The number of rotatable bonds is 3. The second kappa shape index (κ2) is 5.57. The van der Waals surface area contributed by atoms with Crippen LogP contribution in [0.25, 0.3) is 0 Å². The fourth-order valence-corrected chi connectivity index (χ4v) is 3.03. The molecule has 2 aliphatic heterocycles. The molecule has 1 aromatic carbocycles. The number of nitrogens with zero attached hydrogens (tertiary/aromatic N) is 4. The van der Waals surface area contributed by atoms with Gasteiger partial charge < -0.3 is 10.2 Å². The van der Waals surface area contributed by atoms with Crippen LogP contribution in [-0.2, 0) is 6.54 Å². The molecule has 6 heteroatoms. The molecule has 0 aliphatic carbocycles. The highest BCUT2D eigenvalue weighted by atomic mass is 35.5. The Morgan fingerprint density at radius 1 is 1.09 bits per heavy atom. The van der Waals surface area contributed by atoms with Crippen molar-refractivity contribution >= 4 is 35.3 Å². The average molecular weight is 314 g/mol. The molecule has 0 bridgehead atoms. The molecule has 3 heterocycles. The molecule has 22 heavy (non-hydrogen) atoms. The molecular formula is C16H16ClN5. The first-order valence-electron chi connectivity index (χ1n) is 7.47. The van der Waals surface area contributed by atoms with Crippen LogP contribution in [0.3, 0.4) is 0 Å². The molecule has 4 rings (SSSR count). The topological polar surface area (TPSA) is 53.4 Å². The maximum atomic E-state index is 6.15. The van der Waals surface area contributed by atoms with Crippen molar-refractivity contribution in [3.63, 3.8) is 0 Å². The quantitative estimate of drug-likeness (QED) is 0.882. The van der Waals surface area contributed by atoms with Gasteiger partial charge in [0.25, 0.3) is 0 Å². The lowest BCUT2D eigenvalue weighted by Gasteiger charge is -2.16. The fraction of sp³-hybridized carbons (Fsp3) is 0.312. The highest BCUT2D eigenvalue weighted by molar-refractivity contribution is 6.29. The van der Waals surface area contributed by atoms with Crippen LogP contribution in [0.5, 0.6) is 0 Å². The Balaban J connectivity index is 1.61. The molecule has 1 fully saturated rings. The molecule has 0 radical (unpaired) electrons. The lowest BCUT2D eigenvalue weighted by molar-refractivity contribution is 0.900. The van der Waals surface area contributed by atoms with Gasteiger partial charge in [0.1, 0.15) is 11.0 Å². The van der Waals surface area contributed by atoms with Gasteiger partial charge in [-0.25, -0.2) is 4.98 Å². The van der Waals surface area contributed by atoms with Crippen molar-refractivity contribution in [1.82, 2.24) is 9.97 Å². The van der Waals surface area contributed by atoms with Crippen molar-refractivity contribution in [2.75, 3.05) is 23.3 Å². The van der Waals surface area contributed by atoms with Gasteiger partial charge in [-0.15, -0.1) is 0 Å². The molecule has 0 spiro atoms. The molecule has 0 amide bonds. The molecule has 0 atom stereocenters. The summed E-state index contributed by atoms with van der Waals surface area (Å²) in [6.45, 7) is 2.76. The Labute approximate surface area is 134 Å². The molecular weight excluding hydrogens is 298 g/mol. The third-order valence-corrected chi connectivity index (χ3v) is 4.18. The summed E-state index contributed by atoms with van der Waals surface area (Å²) in [5, 5.41) is 3.77. The highest BCUT2D eigenvalue weighted by Crippen LogP contribution is 2.25. The zero-order valence-corrected chi connectivity index (χ0v) is 12.8. The zero-order valence-electron chi connectivity index (χ0n) is 12.1. The number of fused-ring (bicyclic) bond motifs is 1. The van der Waals surface area contributed by atoms with Crippen LogP contribution in [0.15, 0.2) is 29.3 Å². The van der Waals surface area contributed by atoms with Gasteiger partial charge >= 0.3 is 0 Å². The third kappa shape index (κ3) is 2.64. The molecule has 2 aromatic rings. The van der Waals surface area contributed by atoms with Crippen molar-refractivity contribution in [2.45, 2.75) is 19.4 Å². The van der Waals surface area contributed by atoms with E-state index in [1.54, 1.807) is 6.07 Å². The molecule has 2 aliphatic rings. The summed E-state index contributed by atoms with van der Waals surface area (Å²) in [6.07, 6.45) is 4.27. The maximum absolute atomic E-state index is 6.15. The van der Waals surface area contributed by atoms with Crippen LogP contribution in [0.2, 0.25) is 5.15 Å². The van der Waals surface area contributed by atoms with E-state index in [0.717, 1.165) is 36.7 Å². The summed E-state index contributed by atoms with van der Waals surface area (Å²) in [4.78, 5) is 15.4. The van der Waals surface area contributed by atoms with E-state index < -0.39 is 0 Å². The number of anilines is 3. The normalized spacial score (nSPS) is 16.1. The predicted octanol–water partition coefficient (Wildman–Crippen LogP) is 3.41. The van der Waals surface area contributed by atoms with Crippen LogP contribution in [0.4, 0.5) is 17.5 Å². The third-order valence-electron chi connectivity index (χ3n) is 3.98. The molecule has 5 nitrogen and oxygen atoms in total. The minimum atomic E-state index is 0.460. The summed E-state index contributed by atoms with van der Waals surface area (Å²) in [5.74, 6) is 1.42. The van der Waals surface area contributed by atoms with Crippen molar-refractivity contribution in [2.24, 2.45) is 4.99 Å². The largest absolute Gasteiger partial charge is 0.341 e. The average Bonchev–Trinajstić information content (AvgIpc) is 3.18. The highest BCUT2D eigenvalue weighted by Gasteiger charge is 2.16. The Bertz CT molecular complexity index is 737. The van der Waals surface area contributed by atoms with Crippen LogP contribution >= 0.6 is 11.6 Å². The first-order chi connectivity index (χ1) is 10.8. The molecule has 112 valence electrons. The van der Waals surface area contributed by atoms with Crippen LogP contribution < -0.4 is 10.2 Å². The molecule has 1 saturated heterocycles. The number of hydrogen-bond donors (Lipinski definition) is 1. The molecule has 0 saturated carbocycles. The van der Waals surface area contributed by atoms with Gasteiger partial charge in [0.2, 0.25) is 5.95 Å². The van der Waals surface area contributed by atoms with E-state index in [9.17, 15) is 0 Å². The van der Waals surface area contributed by atoms with Gasteiger partial charge in [-0.2, -0.15) is 4.98 Å². The van der Waals surface area contributed by atoms with E-state index in [1.165, 1.54) is 18.4 Å². The Morgan fingerprint density at radius 2 is 1.95 bits per heavy atom. The van der Waals surface area contributed by atoms with Crippen LogP contribution in [0, 0.1) is 0 Å². The van der Waals surface area contributed by atoms with Gasteiger partial charge in [-0.3, -0.25) is 4.99 Å². The zero-order chi connectivity index (χ0) is 14.9. The first kappa shape index (κ1) is 13.5. The summed E-state index contributed by atoms with van der Waals surface area (Å²) in [6, 6.07) is 7.97. The summed E-state index contributed by atoms with van der Waals surface area (Å²) >= 11 is 6.15. The summed E-state index contributed by atoms with van der Waals surface area (Å²) in [7, 11) is 0. The molecule has 1 N–H and O–H groups in total. The maximum Gasteiger partial charge on any atom is 0.228 e. The van der Waals surface area contributed by atoms with E-state index in [0.29, 0.717) is 11.1 Å². The predicted molar refractivity (Wildman–Crippen MR) is 89.5 cm³/mol. The first-order valence-corrected chi connectivity index (χ1v) is 7.85. The lowest BCUT2D eigenvalue weighted by Crippen LogP contribution is -2.20. The smallest absolute Gasteiger partial charge is 0.228 e. The van der Waals surface area contributed by atoms with Crippen LogP contribution in [-0.4, -0.2) is 29.3 Å². The van der Waals surface area contributed by atoms with Gasteiger partial charge in [0.05, 0.1) is 6.54 Å². The van der Waals surface area contributed by atoms with Gasteiger partial charge in [-0.1, -0.05) is 17.7 Å². The molecule has 0 unspecified atom stereocenters. The summed E-state index contributed by atoms with van der Waals surface area (Å²) < 4.78 is 0. The molecule has 1 aromatic heterocycles. The summed E-state index contributed by atoms with van der Waals surface area (Å²) in [5.41, 5.74) is 3.39. The number of nitrogens with one attached hydrogen (secondary N) is 1. The number of benzene rings is 1. The van der Waals surface area contributed by atoms with E-state index in [4.69, 9.17) is 11.6 Å². The van der Waals surface area contributed by atoms with Crippen LogP contribution in [0.1, 0.15) is 24.0 Å². The standard InChI is InChI=1S/C16H16ClN5/c17-14-8-15(21-16(20-14)22-5-1-2-6-22)19-13-4-3-11-9-18-10-12(11)7-13/h3-4,7-8,10H,1-2,5-6,9H2,(H,19,20,21). The van der Waals surface area contributed by atoms with Gasteiger partial charge in [0.15, 0.2) is 0 Å². The van der Waals surface area contributed by atoms with E-state index >= 15 is 0 Å². The SMILES string of the molecule is Clc1cc(Nc2ccc3c(c2)C=NC3)nc(N2CCCC2)n1. The lowest BCUT2D eigenvalue weighted by atomic mass is 10.1. The van der Waals surface area contributed by atoms with Crippen molar-refractivity contribution in [3.8, 4) is 0 Å². The monoisotopic (exact) mass is 313 g/mol. The number of aliphatic imine (C=N–C) groups is 1. The number of halogens is 1. The van der Waals surface area contributed by atoms with Crippen molar-refractivity contribution in [3.05, 3.63) is 40.5 Å². The Kier molecular flexibility index (Phi) is 3.42. The Morgan fingerprint density at radius 3 is 2.82 bits per heavy atom. The second-order valence-electron chi connectivity index (χ2n) is 5.58. The number of aromatic nitrogens is 2. The second-order valence-corrected chi connectivity index (χ2v) is 5.97. The minimum absolute atomic E-state index is 0.460. The van der Waals surface area contributed by atoms with Crippen molar-refractivity contribution < 1.29 is 0 Å². The van der Waals surface area contributed by atoms with E-state index in [2.05, 4.69) is 37.3 Å². The fourth-order valence-electron chi connectivity index (χ4n) is 2.86. The number of hydrogen-bond acceptors (Lipinski definition) is 5. The van der Waals surface area contributed by atoms with Gasteiger partial charge in [-0.05, 0) is 36.1 Å². The van der Waals surface area contributed by atoms with Crippen molar-refractivity contribution in [1.29, 1.82) is 0 Å². The van der Waals surface area contributed by atoms with E-state index in [-0.39, 0.29) is 0 Å².